The molecule has 100 valence electrons. The van der Waals surface area contributed by atoms with E-state index in [9.17, 15) is 0 Å². The minimum atomic E-state index is -0.215. The average molecular weight is 263 g/mol. The van der Waals surface area contributed by atoms with Crippen molar-refractivity contribution in [3.63, 3.8) is 0 Å². The highest BCUT2D eigenvalue weighted by Crippen LogP contribution is 2.31. The number of nitriles is 1. The molecular weight excluding hydrogens is 246 g/mol. The number of nitrogens with zero attached hydrogens (tertiary/aromatic N) is 2. The lowest BCUT2D eigenvalue weighted by Crippen LogP contribution is -2.08. The van der Waals surface area contributed by atoms with Crippen molar-refractivity contribution in [3.8, 4) is 6.07 Å². The minimum Gasteiger partial charge on any atom is -0.341 e. The van der Waals surface area contributed by atoms with E-state index in [4.69, 9.17) is 11.0 Å². The fourth-order valence-electron chi connectivity index (χ4n) is 2.86. The molecule has 3 nitrogen and oxygen atoms in total. The van der Waals surface area contributed by atoms with Crippen molar-refractivity contribution >= 4 is 21.8 Å². The van der Waals surface area contributed by atoms with Gasteiger partial charge in [0.25, 0.3) is 0 Å². The summed E-state index contributed by atoms with van der Waals surface area (Å²) < 4.78 is 2.31. The van der Waals surface area contributed by atoms with Gasteiger partial charge < -0.3 is 10.3 Å². The van der Waals surface area contributed by atoms with Gasteiger partial charge in [-0.1, -0.05) is 24.3 Å². The molecule has 0 aliphatic rings. The molecule has 1 aromatic heterocycles. The van der Waals surface area contributed by atoms with Gasteiger partial charge in [0.2, 0.25) is 0 Å². The first-order chi connectivity index (χ1) is 9.76. The molecule has 1 atom stereocenters. The quantitative estimate of drug-likeness (QED) is 0.782. The number of aromatic nitrogens is 1. The van der Waals surface area contributed by atoms with Crippen molar-refractivity contribution in [2.24, 2.45) is 5.73 Å². The van der Waals surface area contributed by atoms with Gasteiger partial charge in [-0.15, -0.1) is 0 Å². The maximum Gasteiger partial charge on any atom is 0.0641 e. The maximum absolute atomic E-state index is 8.79. The molecule has 0 saturated carbocycles. The zero-order chi connectivity index (χ0) is 14.1. The molecule has 3 heteroatoms. The fraction of sp³-hybridized carbons (Fsp3) is 0.235. The molecule has 0 fully saturated rings. The molecule has 3 aromatic rings. The average Bonchev–Trinajstić information content (AvgIpc) is 2.80. The van der Waals surface area contributed by atoms with E-state index in [1.165, 1.54) is 21.8 Å². The second-order valence-corrected chi connectivity index (χ2v) is 5.01. The molecule has 0 saturated heterocycles. The summed E-state index contributed by atoms with van der Waals surface area (Å²) in [6.07, 6.45) is 0.345. The van der Waals surface area contributed by atoms with Crippen LogP contribution in [0.4, 0.5) is 0 Å². The molecule has 20 heavy (non-hydrogen) atoms. The lowest BCUT2D eigenvalue weighted by Gasteiger charge is -2.08. The first-order valence-electron chi connectivity index (χ1n) is 6.89. The van der Waals surface area contributed by atoms with E-state index in [0.29, 0.717) is 6.42 Å². The number of hydrogen-bond acceptors (Lipinski definition) is 2. The van der Waals surface area contributed by atoms with Gasteiger partial charge in [0.05, 0.1) is 12.5 Å². The Bertz CT molecular complexity index is 808. The number of nitrogens with two attached hydrogens (primary N) is 1. The molecule has 0 amide bonds. The van der Waals surface area contributed by atoms with Crippen LogP contribution >= 0.6 is 0 Å². The molecule has 0 spiro atoms. The van der Waals surface area contributed by atoms with Crippen LogP contribution in [0.2, 0.25) is 0 Å². The lowest BCUT2D eigenvalue weighted by molar-refractivity contribution is 0.749. The van der Waals surface area contributed by atoms with Crippen molar-refractivity contribution in [1.82, 2.24) is 4.57 Å². The Kier molecular flexibility index (Phi) is 3.17. The first-order valence-corrected chi connectivity index (χ1v) is 6.89. The molecule has 2 aromatic carbocycles. The van der Waals surface area contributed by atoms with Crippen LogP contribution in [0, 0.1) is 11.3 Å². The van der Waals surface area contributed by atoms with Crippen LogP contribution < -0.4 is 5.73 Å². The zero-order valence-corrected chi connectivity index (χ0v) is 11.5. The largest absolute Gasteiger partial charge is 0.341 e. The van der Waals surface area contributed by atoms with E-state index in [0.717, 1.165) is 12.1 Å². The number of benzene rings is 2. The monoisotopic (exact) mass is 263 g/mol. The molecule has 3 rings (SSSR count). The van der Waals surface area contributed by atoms with Gasteiger partial charge in [-0.05, 0) is 30.7 Å². The predicted octanol–water partition coefficient (Wildman–Crippen LogP) is 3.73. The molecule has 0 aliphatic carbocycles. The molecule has 0 unspecified atom stereocenters. The molecule has 0 aliphatic heterocycles. The highest BCUT2D eigenvalue weighted by Gasteiger charge is 2.12. The first kappa shape index (κ1) is 12.7. The summed E-state index contributed by atoms with van der Waals surface area (Å²) in [6, 6.07) is 16.6. The van der Waals surface area contributed by atoms with Gasteiger partial charge in [-0.3, -0.25) is 0 Å². The Balaban J connectivity index is 2.29. The summed E-state index contributed by atoms with van der Waals surface area (Å²) in [5, 5.41) is 11.3. The van der Waals surface area contributed by atoms with Crippen molar-refractivity contribution in [3.05, 3.63) is 48.0 Å². The van der Waals surface area contributed by atoms with Crippen LogP contribution in [0.5, 0.6) is 0 Å². The van der Waals surface area contributed by atoms with Crippen molar-refractivity contribution in [1.29, 1.82) is 5.26 Å². The number of hydrogen-bond donors (Lipinski definition) is 1. The number of rotatable bonds is 3. The van der Waals surface area contributed by atoms with E-state index in [1.54, 1.807) is 0 Å². The maximum atomic E-state index is 8.79. The van der Waals surface area contributed by atoms with Gasteiger partial charge in [0, 0.05) is 34.4 Å². The van der Waals surface area contributed by atoms with E-state index in [1.807, 2.05) is 6.07 Å². The molecular formula is C17H17N3. The van der Waals surface area contributed by atoms with Crippen molar-refractivity contribution in [2.45, 2.75) is 25.9 Å². The van der Waals surface area contributed by atoms with Crippen molar-refractivity contribution in [2.75, 3.05) is 0 Å². The van der Waals surface area contributed by atoms with E-state index in [2.05, 4.69) is 54.0 Å². The van der Waals surface area contributed by atoms with E-state index >= 15 is 0 Å². The normalized spacial score (nSPS) is 12.7. The molecule has 2 N–H and O–H groups in total. The van der Waals surface area contributed by atoms with Crippen LogP contribution in [-0.2, 0) is 6.54 Å². The molecule has 0 radical (unpaired) electrons. The Labute approximate surface area is 118 Å². The smallest absolute Gasteiger partial charge is 0.0641 e. The van der Waals surface area contributed by atoms with E-state index in [-0.39, 0.29) is 6.04 Å². The summed E-state index contributed by atoms with van der Waals surface area (Å²) in [4.78, 5) is 0. The Morgan fingerprint density at radius 2 is 1.90 bits per heavy atom. The Morgan fingerprint density at radius 3 is 2.65 bits per heavy atom. The number of para-hydroxylation sites is 1. The second kappa shape index (κ2) is 4.99. The van der Waals surface area contributed by atoms with Gasteiger partial charge in [-0.25, -0.2) is 0 Å². The van der Waals surface area contributed by atoms with Gasteiger partial charge in [0.1, 0.15) is 0 Å². The summed E-state index contributed by atoms with van der Waals surface area (Å²) in [5.74, 6) is 0. The van der Waals surface area contributed by atoms with Crippen LogP contribution in [0.25, 0.3) is 21.8 Å². The highest BCUT2D eigenvalue weighted by atomic mass is 15.0. The van der Waals surface area contributed by atoms with E-state index < -0.39 is 0 Å². The van der Waals surface area contributed by atoms with Crippen LogP contribution in [-0.4, -0.2) is 4.57 Å². The van der Waals surface area contributed by atoms with Gasteiger partial charge >= 0.3 is 0 Å². The Morgan fingerprint density at radius 1 is 1.15 bits per heavy atom. The SMILES string of the molecule is CCn1c2ccccc2c2cc([C@H](N)CC#N)ccc21. The topological polar surface area (TPSA) is 54.7 Å². The summed E-state index contributed by atoms with van der Waals surface area (Å²) >= 11 is 0. The van der Waals surface area contributed by atoms with Gasteiger partial charge in [-0.2, -0.15) is 5.26 Å². The Hall–Kier alpha value is -2.31. The third-order valence-corrected chi connectivity index (χ3v) is 3.85. The van der Waals surface area contributed by atoms with Crippen LogP contribution in [0.3, 0.4) is 0 Å². The lowest BCUT2D eigenvalue weighted by atomic mass is 10.0. The third-order valence-electron chi connectivity index (χ3n) is 3.85. The number of fused-ring (bicyclic) bond motifs is 3. The third kappa shape index (κ3) is 1.86. The second-order valence-electron chi connectivity index (χ2n) is 5.01. The van der Waals surface area contributed by atoms with Gasteiger partial charge in [0.15, 0.2) is 0 Å². The summed E-state index contributed by atoms with van der Waals surface area (Å²) in [6.45, 7) is 3.09. The zero-order valence-electron chi connectivity index (χ0n) is 11.5. The van der Waals surface area contributed by atoms with Crippen LogP contribution in [0.15, 0.2) is 42.5 Å². The minimum absolute atomic E-state index is 0.215. The summed E-state index contributed by atoms with van der Waals surface area (Å²) in [7, 11) is 0. The van der Waals surface area contributed by atoms with Crippen LogP contribution in [0.1, 0.15) is 24.9 Å². The fourth-order valence-corrected chi connectivity index (χ4v) is 2.86. The van der Waals surface area contributed by atoms with Crippen molar-refractivity contribution < 1.29 is 0 Å². The summed E-state index contributed by atoms with van der Waals surface area (Å²) in [5.41, 5.74) is 9.55. The molecule has 1 heterocycles. The number of aryl methyl sites for hydroxylation is 1. The standard InChI is InChI=1S/C17H17N3/c1-2-20-16-6-4-3-5-13(16)14-11-12(7-8-17(14)20)15(19)9-10-18/h3-8,11,15H,2,9,19H2,1H3/t15-/m1/s1. The predicted molar refractivity (Wildman–Crippen MR) is 82.3 cm³/mol. The molecule has 0 bridgehead atoms. The highest BCUT2D eigenvalue weighted by molar-refractivity contribution is 6.08.